The Kier molecular flexibility index (Phi) is 5.63. The molecule has 1 saturated heterocycles. The van der Waals surface area contributed by atoms with E-state index in [1.165, 1.54) is 11.1 Å². The lowest BCUT2D eigenvalue weighted by Crippen LogP contribution is -2.47. The fourth-order valence-corrected chi connectivity index (χ4v) is 3.71. The number of nitrogens with zero attached hydrogens (tertiary/aromatic N) is 2. The molecular weight excluding hydrogens is 352 g/mol. The zero-order valence-corrected chi connectivity index (χ0v) is 16.3. The first-order chi connectivity index (χ1) is 13.7. The first-order valence-corrected chi connectivity index (χ1v) is 9.79. The Labute approximate surface area is 166 Å². The molecule has 0 radical (unpaired) electrons. The maximum Gasteiger partial charge on any atom is 0.246 e. The van der Waals surface area contributed by atoms with Crippen molar-refractivity contribution in [2.75, 3.05) is 39.9 Å². The third kappa shape index (κ3) is 4.37. The summed E-state index contributed by atoms with van der Waals surface area (Å²) in [5, 5.41) is 0. The Balaban J connectivity index is 1.27. The van der Waals surface area contributed by atoms with Crippen molar-refractivity contribution in [1.29, 1.82) is 0 Å². The summed E-state index contributed by atoms with van der Waals surface area (Å²) in [5.41, 5.74) is 3.63. The second kappa shape index (κ2) is 8.48. The van der Waals surface area contributed by atoms with Gasteiger partial charge in [0.15, 0.2) is 0 Å². The number of ether oxygens (including phenoxy) is 2. The SMILES string of the molecule is COc1ccc(/C=C/C(=O)N2CCN(Cc3ccc4c(c3)CCO4)CC2)cc1. The summed E-state index contributed by atoms with van der Waals surface area (Å²) < 4.78 is 10.7. The van der Waals surface area contributed by atoms with E-state index in [0.29, 0.717) is 0 Å². The molecular formula is C23H26N2O3. The highest BCUT2D eigenvalue weighted by molar-refractivity contribution is 5.91. The van der Waals surface area contributed by atoms with Crippen LogP contribution in [0.2, 0.25) is 0 Å². The van der Waals surface area contributed by atoms with E-state index in [4.69, 9.17) is 9.47 Å². The first-order valence-electron chi connectivity index (χ1n) is 9.79. The Morgan fingerprint density at radius 1 is 1.11 bits per heavy atom. The molecule has 28 heavy (non-hydrogen) atoms. The van der Waals surface area contributed by atoms with Crippen LogP contribution in [0.4, 0.5) is 0 Å². The Hall–Kier alpha value is -2.79. The number of carbonyl (C=O) groups excluding carboxylic acids is 1. The molecule has 0 saturated carbocycles. The third-order valence-corrected chi connectivity index (χ3v) is 5.38. The van der Waals surface area contributed by atoms with Gasteiger partial charge in [0.25, 0.3) is 0 Å². The lowest BCUT2D eigenvalue weighted by Gasteiger charge is -2.34. The molecule has 1 fully saturated rings. The molecule has 2 heterocycles. The normalized spacial score (nSPS) is 16.8. The van der Waals surface area contributed by atoms with Gasteiger partial charge in [-0.1, -0.05) is 24.3 Å². The largest absolute Gasteiger partial charge is 0.497 e. The van der Waals surface area contributed by atoms with E-state index in [2.05, 4.69) is 23.1 Å². The van der Waals surface area contributed by atoms with Gasteiger partial charge in [-0.2, -0.15) is 0 Å². The van der Waals surface area contributed by atoms with Gasteiger partial charge in [-0.05, 0) is 41.0 Å². The predicted octanol–water partition coefficient (Wildman–Crippen LogP) is 2.99. The van der Waals surface area contributed by atoms with Crippen LogP contribution in [0.15, 0.2) is 48.5 Å². The summed E-state index contributed by atoms with van der Waals surface area (Å²) in [4.78, 5) is 16.8. The highest BCUT2D eigenvalue weighted by atomic mass is 16.5. The zero-order valence-electron chi connectivity index (χ0n) is 16.3. The second-order valence-electron chi connectivity index (χ2n) is 7.25. The van der Waals surface area contributed by atoms with Crippen LogP contribution in [0.3, 0.4) is 0 Å². The smallest absolute Gasteiger partial charge is 0.246 e. The molecule has 146 valence electrons. The number of hydrogen-bond donors (Lipinski definition) is 0. The second-order valence-corrected chi connectivity index (χ2v) is 7.25. The van der Waals surface area contributed by atoms with Crippen LogP contribution in [0.1, 0.15) is 16.7 Å². The minimum atomic E-state index is 0.0742. The van der Waals surface area contributed by atoms with Gasteiger partial charge in [0.05, 0.1) is 13.7 Å². The van der Waals surface area contributed by atoms with Gasteiger partial charge in [-0.25, -0.2) is 0 Å². The molecule has 5 heteroatoms. The first kappa shape index (κ1) is 18.6. The maximum absolute atomic E-state index is 12.5. The Bertz CT molecular complexity index is 853. The molecule has 2 aliphatic heterocycles. The van der Waals surface area contributed by atoms with E-state index in [-0.39, 0.29) is 5.91 Å². The van der Waals surface area contributed by atoms with Crippen molar-refractivity contribution in [2.24, 2.45) is 0 Å². The molecule has 4 rings (SSSR count). The zero-order chi connectivity index (χ0) is 19.3. The van der Waals surface area contributed by atoms with Gasteiger partial charge in [-0.15, -0.1) is 0 Å². The minimum absolute atomic E-state index is 0.0742. The summed E-state index contributed by atoms with van der Waals surface area (Å²) in [7, 11) is 1.65. The average molecular weight is 378 g/mol. The van der Waals surface area contributed by atoms with Gasteiger partial charge in [-0.3, -0.25) is 9.69 Å². The van der Waals surface area contributed by atoms with E-state index in [0.717, 1.165) is 62.8 Å². The number of fused-ring (bicyclic) bond motifs is 1. The molecule has 0 N–H and O–H groups in total. The minimum Gasteiger partial charge on any atom is -0.497 e. The number of carbonyl (C=O) groups is 1. The van der Waals surface area contributed by atoms with E-state index >= 15 is 0 Å². The monoisotopic (exact) mass is 378 g/mol. The summed E-state index contributed by atoms with van der Waals surface area (Å²) in [6.07, 6.45) is 4.53. The third-order valence-electron chi connectivity index (χ3n) is 5.38. The molecule has 0 bridgehead atoms. The van der Waals surface area contributed by atoms with Crippen LogP contribution < -0.4 is 9.47 Å². The van der Waals surface area contributed by atoms with Gasteiger partial charge in [0.1, 0.15) is 11.5 Å². The van der Waals surface area contributed by atoms with Crippen LogP contribution >= 0.6 is 0 Å². The number of methoxy groups -OCH3 is 1. The molecule has 5 nitrogen and oxygen atoms in total. The van der Waals surface area contributed by atoms with Crippen molar-refractivity contribution in [3.8, 4) is 11.5 Å². The van der Waals surface area contributed by atoms with Crippen molar-refractivity contribution in [3.63, 3.8) is 0 Å². The van der Waals surface area contributed by atoms with Crippen molar-refractivity contribution >= 4 is 12.0 Å². The Morgan fingerprint density at radius 2 is 1.89 bits per heavy atom. The van der Waals surface area contributed by atoms with Gasteiger partial charge in [0, 0.05) is 45.2 Å². The van der Waals surface area contributed by atoms with Crippen LogP contribution in [0, 0.1) is 0 Å². The predicted molar refractivity (Wildman–Crippen MR) is 110 cm³/mol. The van der Waals surface area contributed by atoms with Crippen LogP contribution in [-0.2, 0) is 17.8 Å². The molecule has 2 aliphatic rings. The van der Waals surface area contributed by atoms with E-state index < -0.39 is 0 Å². The topological polar surface area (TPSA) is 42.0 Å². The number of amides is 1. The van der Waals surface area contributed by atoms with Crippen LogP contribution in [-0.4, -0.2) is 55.6 Å². The lowest BCUT2D eigenvalue weighted by molar-refractivity contribution is -0.127. The molecule has 0 aromatic heterocycles. The van der Waals surface area contributed by atoms with Crippen molar-refractivity contribution in [2.45, 2.75) is 13.0 Å². The standard InChI is InChI=1S/C23H26N2O3/c1-27-21-6-2-18(3-7-21)5-9-23(26)25-13-11-24(12-14-25)17-19-4-8-22-20(16-19)10-15-28-22/h2-9,16H,10-15,17H2,1H3/b9-5+. The number of benzene rings is 2. The summed E-state index contributed by atoms with van der Waals surface area (Å²) >= 11 is 0. The van der Waals surface area contributed by atoms with Gasteiger partial charge in [0.2, 0.25) is 5.91 Å². The van der Waals surface area contributed by atoms with E-state index in [9.17, 15) is 4.79 Å². The number of rotatable bonds is 5. The van der Waals surface area contributed by atoms with Gasteiger partial charge < -0.3 is 14.4 Å². The number of piperazine rings is 1. The molecule has 0 unspecified atom stereocenters. The van der Waals surface area contributed by atoms with Crippen molar-refractivity contribution < 1.29 is 14.3 Å². The van der Waals surface area contributed by atoms with E-state index in [1.54, 1.807) is 13.2 Å². The molecule has 0 spiro atoms. The van der Waals surface area contributed by atoms with Crippen LogP contribution in [0.25, 0.3) is 6.08 Å². The average Bonchev–Trinajstić information content (AvgIpc) is 3.21. The molecule has 0 aliphatic carbocycles. The quantitative estimate of drug-likeness (QED) is 0.750. The molecule has 2 aromatic rings. The fourth-order valence-electron chi connectivity index (χ4n) is 3.71. The van der Waals surface area contributed by atoms with Crippen molar-refractivity contribution in [3.05, 3.63) is 65.2 Å². The number of hydrogen-bond acceptors (Lipinski definition) is 4. The maximum atomic E-state index is 12.5. The molecule has 0 atom stereocenters. The van der Waals surface area contributed by atoms with E-state index in [1.807, 2.05) is 35.2 Å². The summed E-state index contributed by atoms with van der Waals surface area (Å²) in [5.74, 6) is 1.92. The van der Waals surface area contributed by atoms with Gasteiger partial charge >= 0.3 is 0 Å². The highest BCUT2D eigenvalue weighted by Crippen LogP contribution is 2.26. The Morgan fingerprint density at radius 3 is 2.64 bits per heavy atom. The van der Waals surface area contributed by atoms with Crippen LogP contribution in [0.5, 0.6) is 11.5 Å². The fraction of sp³-hybridized carbons (Fsp3) is 0.348. The van der Waals surface area contributed by atoms with Crippen molar-refractivity contribution in [1.82, 2.24) is 9.80 Å². The summed E-state index contributed by atoms with van der Waals surface area (Å²) in [6, 6.07) is 14.2. The summed E-state index contributed by atoms with van der Waals surface area (Å²) in [6.45, 7) is 5.05. The molecule has 2 aromatic carbocycles. The highest BCUT2D eigenvalue weighted by Gasteiger charge is 2.20. The molecule has 1 amide bonds. The lowest BCUT2D eigenvalue weighted by atomic mass is 10.1.